The van der Waals surface area contributed by atoms with Crippen molar-refractivity contribution < 1.29 is 32.7 Å². The van der Waals surface area contributed by atoms with Gasteiger partial charge in [-0.05, 0) is 13.0 Å². The molecule has 1 amide bonds. The summed E-state index contributed by atoms with van der Waals surface area (Å²) in [5, 5.41) is 21.0. The van der Waals surface area contributed by atoms with E-state index in [0.717, 1.165) is 13.0 Å². The maximum Gasteiger partial charge on any atom is 0.412 e. The smallest absolute Gasteiger partial charge is 0.412 e. The zero-order chi connectivity index (χ0) is 17.4. The number of amides is 1. The lowest BCUT2D eigenvalue weighted by Crippen LogP contribution is -2.52. The van der Waals surface area contributed by atoms with Crippen LogP contribution in [0.2, 0.25) is 0 Å². The van der Waals surface area contributed by atoms with Gasteiger partial charge in [-0.15, -0.1) is 0 Å². The molecule has 0 aromatic heterocycles. The number of non-ortho nitro benzene ring substituents is 1. The van der Waals surface area contributed by atoms with Crippen molar-refractivity contribution in [3.63, 3.8) is 0 Å². The van der Waals surface area contributed by atoms with Gasteiger partial charge in [-0.1, -0.05) is 0 Å². The molecule has 0 saturated heterocycles. The van der Waals surface area contributed by atoms with Crippen molar-refractivity contribution in [2.45, 2.75) is 18.4 Å². The van der Waals surface area contributed by atoms with Crippen LogP contribution in [0.15, 0.2) is 23.2 Å². The number of carbonyl (C=O) groups is 1. The monoisotopic (exact) mass is 333 g/mol. The van der Waals surface area contributed by atoms with E-state index in [1.807, 2.05) is 0 Å². The number of benzene rings is 1. The molecule has 2 rings (SSSR count). The SMILES string of the molecule is C[C@]1(c2cc([N+](=O)[O-])ccc2F)N=C(NC(=O)O)OCC1(F)F. The molecule has 8 nitrogen and oxygen atoms in total. The van der Waals surface area contributed by atoms with Gasteiger partial charge >= 0.3 is 12.0 Å². The molecule has 0 spiro atoms. The number of nitro groups is 1. The fourth-order valence-corrected chi connectivity index (χ4v) is 2.03. The summed E-state index contributed by atoms with van der Waals surface area (Å²) >= 11 is 0. The Morgan fingerprint density at radius 1 is 1.52 bits per heavy atom. The van der Waals surface area contributed by atoms with Crippen molar-refractivity contribution in [3.05, 3.63) is 39.7 Å². The lowest BCUT2D eigenvalue weighted by Gasteiger charge is -2.37. The number of rotatable bonds is 2. The van der Waals surface area contributed by atoms with E-state index >= 15 is 0 Å². The molecule has 1 aromatic rings. The summed E-state index contributed by atoms with van der Waals surface area (Å²) in [7, 11) is 0. The Balaban J connectivity index is 2.62. The Bertz CT molecular complexity index is 709. The quantitative estimate of drug-likeness (QED) is 0.636. The van der Waals surface area contributed by atoms with Crippen molar-refractivity contribution in [2.24, 2.45) is 4.99 Å². The van der Waals surface area contributed by atoms with Crippen molar-refractivity contribution in [2.75, 3.05) is 6.61 Å². The van der Waals surface area contributed by atoms with Crippen LogP contribution in [0.3, 0.4) is 0 Å². The minimum Gasteiger partial charge on any atom is -0.465 e. The van der Waals surface area contributed by atoms with Gasteiger partial charge in [0.25, 0.3) is 11.7 Å². The van der Waals surface area contributed by atoms with E-state index in [4.69, 9.17) is 5.11 Å². The summed E-state index contributed by atoms with van der Waals surface area (Å²) in [6.45, 7) is -0.439. The first kappa shape index (κ1) is 16.5. The first-order chi connectivity index (χ1) is 10.6. The highest BCUT2D eigenvalue weighted by Gasteiger charge is 2.57. The van der Waals surface area contributed by atoms with Gasteiger partial charge < -0.3 is 9.84 Å². The van der Waals surface area contributed by atoms with Gasteiger partial charge in [-0.2, -0.15) is 8.78 Å². The Labute approximate surface area is 126 Å². The van der Waals surface area contributed by atoms with Crippen LogP contribution < -0.4 is 5.32 Å². The second-order valence-electron chi connectivity index (χ2n) is 4.83. The molecule has 2 N–H and O–H groups in total. The van der Waals surface area contributed by atoms with Crippen LogP contribution in [0.4, 0.5) is 23.7 Å². The molecule has 0 unspecified atom stereocenters. The average molecular weight is 333 g/mol. The number of aliphatic imine (C=N–C) groups is 1. The second-order valence-corrected chi connectivity index (χ2v) is 4.83. The molecule has 1 aromatic carbocycles. The van der Waals surface area contributed by atoms with Crippen LogP contribution in [0, 0.1) is 15.9 Å². The van der Waals surface area contributed by atoms with E-state index in [-0.39, 0.29) is 0 Å². The molecule has 0 saturated carbocycles. The normalized spacial score (nSPS) is 22.7. The predicted octanol–water partition coefficient (Wildman–Crippen LogP) is 2.24. The van der Waals surface area contributed by atoms with Crippen molar-refractivity contribution in [3.8, 4) is 0 Å². The third-order valence-electron chi connectivity index (χ3n) is 3.33. The Hall–Kier alpha value is -2.85. The van der Waals surface area contributed by atoms with Gasteiger partial charge in [0.15, 0.2) is 12.1 Å². The minimum atomic E-state index is -3.73. The molecule has 23 heavy (non-hydrogen) atoms. The minimum absolute atomic E-state index is 0.604. The first-order valence-corrected chi connectivity index (χ1v) is 6.12. The lowest BCUT2D eigenvalue weighted by molar-refractivity contribution is -0.385. The number of ether oxygens (including phenoxy) is 1. The third-order valence-corrected chi connectivity index (χ3v) is 3.33. The van der Waals surface area contributed by atoms with Crippen LogP contribution >= 0.6 is 0 Å². The zero-order valence-corrected chi connectivity index (χ0v) is 11.5. The van der Waals surface area contributed by atoms with E-state index in [9.17, 15) is 28.1 Å². The van der Waals surface area contributed by atoms with Gasteiger partial charge in [0.1, 0.15) is 5.82 Å². The molecule has 0 fully saturated rings. The lowest BCUT2D eigenvalue weighted by atomic mass is 9.85. The highest BCUT2D eigenvalue weighted by Crippen LogP contribution is 2.45. The van der Waals surface area contributed by atoms with Crippen molar-refractivity contribution >= 4 is 17.8 Å². The number of nitrogens with one attached hydrogen (secondary N) is 1. The van der Waals surface area contributed by atoms with Crippen LogP contribution in [-0.2, 0) is 10.3 Å². The van der Waals surface area contributed by atoms with Gasteiger partial charge in [0, 0.05) is 17.7 Å². The second kappa shape index (κ2) is 5.41. The van der Waals surface area contributed by atoms with Crippen LogP contribution in [0.5, 0.6) is 0 Å². The highest BCUT2D eigenvalue weighted by molar-refractivity contribution is 5.90. The van der Waals surface area contributed by atoms with Crippen LogP contribution in [-0.4, -0.2) is 34.7 Å². The van der Waals surface area contributed by atoms with Gasteiger partial charge in [-0.3, -0.25) is 10.1 Å². The number of hydrogen-bond acceptors (Lipinski definition) is 5. The maximum absolute atomic E-state index is 14.2. The number of amidine groups is 1. The Kier molecular flexibility index (Phi) is 3.89. The predicted molar refractivity (Wildman–Crippen MR) is 69.9 cm³/mol. The number of halogens is 3. The molecule has 124 valence electrons. The van der Waals surface area contributed by atoms with Crippen LogP contribution in [0.1, 0.15) is 12.5 Å². The maximum atomic E-state index is 14.2. The van der Waals surface area contributed by atoms with E-state index in [1.165, 1.54) is 0 Å². The summed E-state index contributed by atoms with van der Waals surface area (Å²) < 4.78 is 46.9. The van der Waals surface area contributed by atoms with Gasteiger partial charge in [0.05, 0.1) is 4.92 Å². The van der Waals surface area contributed by atoms with Gasteiger partial charge in [-0.25, -0.2) is 19.5 Å². The van der Waals surface area contributed by atoms with E-state index < -0.39 is 52.2 Å². The summed E-state index contributed by atoms with van der Waals surface area (Å²) in [4.78, 5) is 23.9. The Morgan fingerprint density at radius 3 is 2.74 bits per heavy atom. The van der Waals surface area contributed by atoms with Crippen molar-refractivity contribution in [1.29, 1.82) is 0 Å². The summed E-state index contributed by atoms with van der Waals surface area (Å²) in [6, 6.07) is 1.37. The highest BCUT2D eigenvalue weighted by atomic mass is 19.3. The molecule has 0 aliphatic carbocycles. The number of hydrogen-bond donors (Lipinski definition) is 2. The van der Waals surface area contributed by atoms with E-state index in [2.05, 4.69) is 9.73 Å². The number of nitrogens with zero attached hydrogens (tertiary/aromatic N) is 2. The van der Waals surface area contributed by atoms with E-state index in [0.29, 0.717) is 12.1 Å². The molecule has 1 atom stereocenters. The third kappa shape index (κ3) is 2.89. The number of nitro benzene ring substituents is 1. The summed E-state index contributed by atoms with van der Waals surface area (Å²) in [5.74, 6) is -4.87. The number of carboxylic acid groups (broad SMARTS) is 1. The molecule has 1 aliphatic heterocycles. The van der Waals surface area contributed by atoms with E-state index in [1.54, 1.807) is 5.32 Å². The zero-order valence-electron chi connectivity index (χ0n) is 11.5. The number of alkyl halides is 2. The molecule has 1 aliphatic rings. The standard InChI is InChI=1S/C12H10F3N3O5/c1-11(7-4-6(18(21)22)2-3-8(7)13)12(14,15)5-23-9(17-11)16-10(19)20/h2-4H,5H2,1H3,(H,16,17)(H,19,20)/t11-/m1/s1. The van der Waals surface area contributed by atoms with Crippen LogP contribution in [0.25, 0.3) is 0 Å². The topological polar surface area (TPSA) is 114 Å². The average Bonchev–Trinajstić information content (AvgIpc) is 2.43. The largest absolute Gasteiger partial charge is 0.465 e. The summed E-state index contributed by atoms with van der Waals surface area (Å²) in [6.07, 6.45) is -1.61. The molecule has 0 bridgehead atoms. The summed E-state index contributed by atoms with van der Waals surface area (Å²) in [5.41, 5.74) is -3.93. The van der Waals surface area contributed by atoms with Gasteiger partial charge in [0.2, 0.25) is 0 Å². The molecule has 0 radical (unpaired) electrons. The first-order valence-electron chi connectivity index (χ1n) is 6.12. The Morgan fingerprint density at radius 2 is 2.17 bits per heavy atom. The molecule has 1 heterocycles. The molecule has 11 heteroatoms. The molecular formula is C12H10F3N3O5. The fraction of sp³-hybridized carbons (Fsp3) is 0.333. The van der Waals surface area contributed by atoms with Crippen molar-refractivity contribution in [1.82, 2.24) is 5.32 Å². The fourth-order valence-electron chi connectivity index (χ4n) is 2.03. The molecular weight excluding hydrogens is 323 g/mol.